The quantitative estimate of drug-likeness (QED) is 0.587. The maximum atomic E-state index is 10.3. The standard InChI is InChI=1S/C6H7NO3/c1-4(8)10-5-2-3-9-6(5)7/h2-3H,7H2,1H3. The minimum absolute atomic E-state index is 0.121. The molecule has 0 aliphatic rings. The molecule has 1 aromatic rings. The molecule has 0 bridgehead atoms. The van der Waals surface area contributed by atoms with Crippen molar-refractivity contribution in [3.8, 4) is 5.75 Å². The van der Waals surface area contributed by atoms with Gasteiger partial charge >= 0.3 is 5.97 Å². The lowest BCUT2D eigenvalue weighted by Gasteiger charge is -1.94. The first-order valence-electron chi connectivity index (χ1n) is 2.71. The highest BCUT2D eigenvalue weighted by Gasteiger charge is 2.04. The molecular formula is C6H7NO3. The molecule has 0 aromatic carbocycles. The Morgan fingerprint density at radius 3 is 2.90 bits per heavy atom. The summed E-state index contributed by atoms with van der Waals surface area (Å²) in [5, 5.41) is 0. The van der Waals surface area contributed by atoms with E-state index in [2.05, 4.69) is 9.15 Å². The average molecular weight is 141 g/mol. The van der Waals surface area contributed by atoms with Crippen molar-refractivity contribution >= 4 is 11.9 Å². The summed E-state index contributed by atoms with van der Waals surface area (Å²) in [7, 11) is 0. The van der Waals surface area contributed by atoms with Crippen molar-refractivity contribution in [2.75, 3.05) is 5.73 Å². The molecule has 4 heteroatoms. The van der Waals surface area contributed by atoms with Crippen LogP contribution in [0.25, 0.3) is 0 Å². The summed E-state index contributed by atoms with van der Waals surface area (Å²) >= 11 is 0. The predicted octanol–water partition coefficient (Wildman–Crippen LogP) is 0.787. The molecule has 0 aliphatic carbocycles. The number of anilines is 1. The van der Waals surface area contributed by atoms with Gasteiger partial charge in [0.1, 0.15) is 0 Å². The van der Waals surface area contributed by atoms with Crippen LogP contribution in [0.2, 0.25) is 0 Å². The Bertz CT molecular complexity index is 241. The number of hydrogen-bond acceptors (Lipinski definition) is 4. The van der Waals surface area contributed by atoms with Gasteiger partial charge in [0.25, 0.3) is 0 Å². The lowest BCUT2D eigenvalue weighted by atomic mass is 10.5. The third-order valence-electron chi connectivity index (χ3n) is 0.911. The summed E-state index contributed by atoms with van der Waals surface area (Å²) in [6.07, 6.45) is 1.35. The zero-order chi connectivity index (χ0) is 7.56. The van der Waals surface area contributed by atoms with E-state index in [4.69, 9.17) is 5.73 Å². The molecule has 54 valence electrons. The molecule has 0 unspecified atom stereocenters. The predicted molar refractivity (Wildman–Crippen MR) is 34.4 cm³/mol. The fraction of sp³-hybridized carbons (Fsp3) is 0.167. The number of nitrogen functional groups attached to an aromatic ring is 1. The van der Waals surface area contributed by atoms with Gasteiger partial charge in [-0.15, -0.1) is 0 Å². The molecule has 0 amide bonds. The lowest BCUT2D eigenvalue weighted by molar-refractivity contribution is -0.131. The zero-order valence-corrected chi connectivity index (χ0v) is 5.46. The van der Waals surface area contributed by atoms with E-state index in [1.54, 1.807) is 0 Å². The molecule has 1 aromatic heterocycles. The van der Waals surface area contributed by atoms with Crippen LogP contribution in [0.5, 0.6) is 5.75 Å². The first-order chi connectivity index (χ1) is 4.70. The maximum Gasteiger partial charge on any atom is 0.308 e. The highest BCUT2D eigenvalue weighted by Crippen LogP contribution is 2.21. The van der Waals surface area contributed by atoms with Crippen LogP contribution in [0.15, 0.2) is 16.7 Å². The van der Waals surface area contributed by atoms with E-state index in [0.29, 0.717) is 0 Å². The number of hydrogen-bond donors (Lipinski definition) is 1. The van der Waals surface area contributed by atoms with Gasteiger partial charge in [-0.25, -0.2) is 0 Å². The number of carbonyl (C=O) groups is 1. The summed E-state index contributed by atoms with van der Waals surface area (Å²) < 4.78 is 9.29. The molecule has 0 saturated carbocycles. The van der Waals surface area contributed by atoms with Crippen molar-refractivity contribution < 1.29 is 13.9 Å². The van der Waals surface area contributed by atoms with E-state index in [9.17, 15) is 4.79 Å². The van der Waals surface area contributed by atoms with Crippen LogP contribution in [0.4, 0.5) is 5.88 Å². The number of ether oxygens (including phenoxy) is 1. The van der Waals surface area contributed by atoms with Gasteiger partial charge in [0.15, 0.2) is 5.75 Å². The van der Waals surface area contributed by atoms with E-state index in [1.165, 1.54) is 19.3 Å². The summed E-state index contributed by atoms with van der Waals surface area (Å²) in [6, 6.07) is 1.48. The summed E-state index contributed by atoms with van der Waals surface area (Å²) in [5.74, 6) is -0.0178. The molecular weight excluding hydrogens is 134 g/mol. The Hall–Kier alpha value is -1.45. The van der Waals surface area contributed by atoms with Crippen molar-refractivity contribution in [3.05, 3.63) is 12.3 Å². The van der Waals surface area contributed by atoms with Gasteiger partial charge in [0, 0.05) is 13.0 Å². The van der Waals surface area contributed by atoms with E-state index in [-0.39, 0.29) is 11.6 Å². The van der Waals surface area contributed by atoms with Crippen LogP contribution < -0.4 is 10.5 Å². The van der Waals surface area contributed by atoms with Gasteiger partial charge in [0.05, 0.1) is 6.26 Å². The van der Waals surface area contributed by atoms with Crippen molar-refractivity contribution in [1.82, 2.24) is 0 Å². The minimum Gasteiger partial charge on any atom is -0.445 e. The summed E-state index contributed by atoms with van der Waals surface area (Å²) in [5.41, 5.74) is 5.24. The Kier molecular flexibility index (Phi) is 1.62. The van der Waals surface area contributed by atoms with Crippen molar-refractivity contribution in [1.29, 1.82) is 0 Å². The lowest BCUT2D eigenvalue weighted by Crippen LogP contribution is -2.01. The van der Waals surface area contributed by atoms with Gasteiger partial charge in [-0.2, -0.15) is 0 Å². The molecule has 2 N–H and O–H groups in total. The highest BCUT2D eigenvalue weighted by atomic mass is 16.5. The fourth-order valence-electron chi connectivity index (χ4n) is 0.548. The molecule has 1 rings (SSSR count). The maximum absolute atomic E-state index is 10.3. The van der Waals surface area contributed by atoms with Gasteiger partial charge in [-0.3, -0.25) is 4.79 Å². The summed E-state index contributed by atoms with van der Waals surface area (Å²) in [4.78, 5) is 10.3. The fourth-order valence-corrected chi connectivity index (χ4v) is 0.548. The second-order valence-corrected chi connectivity index (χ2v) is 1.74. The minimum atomic E-state index is -0.409. The van der Waals surface area contributed by atoms with Gasteiger partial charge in [0.2, 0.25) is 5.88 Å². The molecule has 0 atom stereocenters. The first-order valence-corrected chi connectivity index (χ1v) is 2.71. The molecule has 0 aliphatic heterocycles. The molecule has 0 saturated heterocycles. The van der Waals surface area contributed by atoms with Crippen molar-refractivity contribution in [2.45, 2.75) is 6.92 Å². The molecule has 0 fully saturated rings. The van der Waals surface area contributed by atoms with E-state index in [1.807, 2.05) is 0 Å². The Balaban J connectivity index is 2.74. The van der Waals surface area contributed by atoms with Crippen LogP contribution in [0.1, 0.15) is 6.92 Å². The number of furan rings is 1. The Morgan fingerprint density at radius 1 is 1.80 bits per heavy atom. The summed E-state index contributed by atoms with van der Waals surface area (Å²) in [6.45, 7) is 1.30. The Labute approximate surface area is 57.6 Å². The van der Waals surface area contributed by atoms with E-state index < -0.39 is 5.97 Å². The topological polar surface area (TPSA) is 65.5 Å². The largest absolute Gasteiger partial charge is 0.445 e. The normalized spacial score (nSPS) is 9.30. The van der Waals surface area contributed by atoms with Crippen molar-refractivity contribution in [2.24, 2.45) is 0 Å². The number of rotatable bonds is 1. The smallest absolute Gasteiger partial charge is 0.308 e. The van der Waals surface area contributed by atoms with E-state index >= 15 is 0 Å². The van der Waals surface area contributed by atoms with Gasteiger partial charge in [-0.1, -0.05) is 0 Å². The first kappa shape index (κ1) is 6.67. The zero-order valence-electron chi connectivity index (χ0n) is 5.46. The van der Waals surface area contributed by atoms with Crippen LogP contribution >= 0.6 is 0 Å². The Morgan fingerprint density at radius 2 is 2.50 bits per heavy atom. The van der Waals surface area contributed by atoms with Crippen LogP contribution in [0, 0.1) is 0 Å². The van der Waals surface area contributed by atoms with E-state index in [0.717, 1.165) is 0 Å². The molecule has 1 heterocycles. The third kappa shape index (κ3) is 1.28. The molecule has 0 spiro atoms. The van der Waals surface area contributed by atoms with Crippen molar-refractivity contribution in [3.63, 3.8) is 0 Å². The van der Waals surface area contributed by atoms with Crippen LogP contribution in [-0.4, -0.2) is 5.97 Å². The third-order valence-corrected chi connectivity index (χ3v) is 0.911. The average Bonchev–Trinajstić information content (AvgIpc) is 2.15. The highest BCUT2D eigenvalue weighted by molar-refractivity contribution is 5.70. The van der Waals surface area contributed by atoms with Crippen LogP contribution in [0.3, 0.4) is 0 Å². The monoisotopic (exact) mass is 141 g/mol. The second-order valence-electron chi connectivity index (χ2n) is 1.74. The van der Waals surface area contributed by atoms with Crippen LogP contribution in [-0.2, 0) is 4.79 Å². The van der Waals surface area contributed by atoms with Gasteiger partial charge in [-0.05, 0) is 0 Å². The molecule has 4 nitrogen and oxygen atoms in total. The second kappa shape index (κ2) is 2.43. The number of nitrogens with two attached hydrogens (primary N) is 1. The van der Waals surface area contributed by atoms with Gasteiger partial charge < -0.3 is 14.9 Å². The molecule has 0 radical (unpaired) electrons. The number of esters is 1. The molecule has 10 heavy (non-hydrogen) atoms. The number of carbonyl (C=O) groups excluding carboxylic acids is 1. The SMILES string of the molecule is CC(=O)Oc1ccoc1N.